The molecule has 0 aliphatic heterocycles. The van der Waals surface area contributed by atoms with Gasteiger partial charge in [0.05, 0.1) is 19.8 Å². The largest absolute Gasteiger partial charge is 0.493 e. The van der Waals surface area contributed by atoms with Crippen LogP contribution in [-0.2, 0) is 5.60 Å². The Hall–Kier alpha value is -1.22. The van der Waals surface area contributed by atoms with Gasteiger partial charge < -0.3 is 14.6 Å². The zero-order valence-corrected chi connectivity index (χ0v) is 10.3. The van der Waals surface area contributed by atoms with E-state index in [9.17, 15) is 5.11 Å². The number of rotatable bonds is 3. The van der Waals surface area contributed by atoms with Crippen molar-refractivity contribution in [3.63, 3.8) is 0 Å². The van der Waals surface area contributed by atoms with Crippen LogP contribution in [0.4, 0.5) is 0 Å². The summed E-state index contributed by atoms with van der Waals surface area (Å²) in [5, 5.41) is 10.3. The minimum atomic E-state index is -0.698. The summed E-state index contributed by atoms with van der Waals surface area (Å²) in [7, 11) is 3.24. The molecule has 1 aliphatic carbocycles. The summed E-state index contributed by atoms with van der Waals surface area (Å²) in [6.07, 6.45) is 1.60. The molecule has 0 radical (unpaired) electrons. The molecule has 0 amide bonds. The molecule has 0 spiro atoms. The first-order chi connectivity index (χ1) is 7.53. The molecule has 1 N–H and O–H groups in total. The average molecular weight is 222 g/mol. The molecule has 88 valence electrons. The van der Waals surface area contributed by atoms with Crippen LogP contribution in [0, 0.1) is 13.8 Å². The summed E-state index contributed by atoms with van der Waals surface area (Å²) in [6, 6.07) is 2.03. The highest BCUT2D eigenvalue weighted by Gasteiger charge is 2.46. The van der Waals surface area contributed by atoms with E-state index in [2.05, 4.69) is 0 Å². The summed E-state index contributed by atoms with van der Waals surface area (Å²) in [5.74, 6) is 1.41. The molecule has 0 atom stereocenters. The van der Waals surface area contributed by atoms with E-state index in [1.54, 1.807) is 14.2 Å². The van der Waals surface area contributed by atoms with Crippen molar-refractivity contribution in [3.8, 4) is 11.5 Å². The molecule has 0 bridgehead atoms. The lowest BCUT2D eigenvalue weighted by atomic mass is 9.97. The van der Waals surface area contributed by atoms with Crippen LogP contribution in [0.5, 0.6) is 11.5 Å². The van der Waals surface area contributed by atoms with Gasteiger partial charge in [-0.25, -0.2) is 0 Å². The highest BCUT2D eigenvalue weighted by Crippen LogP contribution is 2.53. The van der Waals surface area contributed by atoms with Crippen LogP contribution in [0.1, 0.15) is 29.5 Å². The predicted octanol–water partition coefficient (Wildman–Crippen LogP) is 2.30. The SMILES string of the molecule is COc1c(C)cc(C)c(C2(O)CC2)c1OC. The molecule has 1 aromatic carbocycles. The molecule has 0 saturated heterocycles. The highest BCUT2D eigenvalue weighted by molar-refractivity contribution is 5.58. The van der Waals surface area contributed by atoms with Crippen molar-refractivity contribution in [3.05, 3.63) is 22.8 Å². The van der Waals surface area contributed by atoms with E-state index in [4.69, 9.17) is 9.47 Å². The fraction of sp³-hybridized carbons (Fsp3) is 0.538. The van der Waals surface area contributed by atoms with E-state index in [-0.39, 0.29) is 0 Å². The molecule has 2 rings (SSSR count). The lowest BCUT2D eigenvalue weighted by molar-refractivity contribution is 0.145. The maximum atomic E-state index is 10.3. The molecule has 1 fully saturated rings. The van der Waals surface area contributed by atoms with Gasteiger partial charge in [0.25, 0.3) is 0 Å². The van der Waals surface area contributed by atoms with E-state index >= 15 is 0 Å². The van der Waals surface area contributed by atoms with E-state index in [0.717, 1.165) is 35.3 Å². The van der Waals surface area contributed by atoms with E-state index < -0.39 is 5.60 Å². The second kappa shape index (κ2) is 3.67. The number of benzene rings is 1. The molecular weight excluding hydrogens is 204 g/mol. The lowest BCUT2D eigenvalue weighted by Crippen LogP contribution is -2.11. The summed E-state index contributed by atoms with van der Waals surface area (Å²) in [4.78, 5) is 0. The fourth-order valence-corrected chi connectivity index (χ4v) is 2.33. The van der Waals surface area contributed by atoms with E-state index in [1.807, 2.05) is 19.9 Å². The van der Waals surface area contributed by atoms with Crippen LogP contribution in [-0.4, -0.2) is 19.3 Å². The van der Waals surface area contributed by atoms with Crippen molar-refractivity contribution >= 4 is 0 Å². The third-order valence-electron chi connectivity index (χ3n) is 3.22. The molecule has 0 aromatic heterocycles. The Morgan fingerprint density at radius 1 is 1.06 bits per heavy atom. The maximum absolute atomic E-state index is 10.3. The first-order valence-electron chi connectivity index (χ1n) is 5.48. The van der Waals surface area contributed by atoms with Crippen molar-refractivity contribution in [1.29, 1.82) is 0 Å². The van der Waals surface area contributed by atoms with Crippen molar-refractivity contribution in [2.24, 2.45) is 0 Å². The van der Waals surface area contributed by atoms with Gasteiger partial charge in [-0.2, -0.15) is 0 Å². The average Bonchev–Trinajstić information content (AvgIpc) is 2.95. The molecule has 1 aromatic rings. The van der Waals surface area contributed by atoms with Gasteiger partial charge in [-0.05, 0) is 37.8 Å². The number of methoxy groups -OCH3 is 2. The zero-order valence-electron chi connectivity index (χ0n) is 10.3. The molecule has 1 aliphatic rings. The topological polar surface area (TPSA) is 38.7 Å². The van der Waals surface area contributed by atoms with Crippen molar-refractivity contribution in [1.82, 2.24) is 0 Å². The number of ether oxygens (including phenoxy) is 2. The van der Waals surface area contributed by atoms with Gasteiger partial charge >= 0.3 is 0 Å². The molecule has 3 nitrogen and oxygen atoms in total. The summed E-state index contributed by atoms with van der Waals surface area (Å²) in [5.41, 5.74) is 2.29. The smallest absolute Gasteiger partial charge is 0.167 e. The summed E-state index contributed by atoms with van der Waals surface area (Å²) in [6.45, 7) is 3.98. The first kappa shape index (κ1) is 11.3. The standard InChI is InChI=1S/C13H18O3/c1-8-7-9(2)11(15-3)12(16-4)10(8)13(14)5-6-13/h7,14H,5-6H2,1-4H3. The van der Waals surface area contributed by atoms with Gasteiger partial charge in [-0.15, -0.1) is 0 Å². The van der Waals surface area contributed by atoms with Gasteiger partial charge in [0, 0.05) is 5.56 Å². The molecular formula is C13H18O3. The normalized spacial score (nSPS) is 17.1. The number of hydrogen-bond acceptors (Lipinski definition) is 3. The maximum Gasteiger partial charge on any atom is 0.167 e. The molecule has 16 heavy (non-hydrogen) atoms. The van der Waals surface area contributed by atoms with Gasteiger partial charge in [-0.3, -0.25) is 0 Å². The Morgan fingerprint density at radius 3 is 2.06 bits per heavy atom. The third kappa shape index (κ3) is 1.55. The van der Waals surface area contributed by atoms with Crippen LogP contribution in [0.2, 0.25) is 0 Å². The van der Waals surface area contributed by atoms with E-state index in [0.29, 0.717) is 5.75 Å². The van der Waals surface area contributed by atoms with E-state index in [1.165, 1.54) is 0 Å². The Morgan fingerprint density at radius 2 is 1.62 bits per heavy atom. The Balaban J connectivity index is 2.66. The first-order valence-corrected chi connectivity index (χ1v) is 5.48. The van der Waals surface area contributed by atoms with Gasteiger partial charge in [0.2, 0.25) is 0 Å². The quantitative estimate of drug-likeness (QED) is 0.852. The third-order valence-corrected chi connectivity index (χ3v) is 3.22. The summed E-state index contributed by atoms with van der Waals surface area (Å²) < 4.78 is 10.8. The predicted molar refractivity (Wildman–Crippen MR) is 62.2 cm³/mol. The summed E-state index contributed by atoms with van der Waals surface area (Å²) >= 11 is 0. The van der Waals surface area contributed by atoms with Gasteiger partial charge in [0.15, 0.2) is 11.5 Å². The Kier molecular flexibility index (Phi) is 2.58. The molecule has 3 heteroatoms. The number of aliphatic hydroxyl groups is 1. The van der Waals surface area contributed by atoms with Crippen LogP contribution in [0.15, 0.2) is 6.07 Å². The molecule has 1 saturated carbocycles. The monoisotopic (exact) mass is 222 g/mol. The van der Waals surface area contributed by atoms with Crippen LogP contribution in [0.3, 0.4) is 0 Å². The van der Waals surface area contributed by atoms with Crippen molar-refractivity contribution < 1.29 is 14.6 Å². The van der Waals surface area contributed by atoms with Crippen LogP contribution < -0.4 is 9.47 Å². The second-order valence-electron chi connectivity index (χ2n) is 4.48. The second-order valence-corrected chi connectivity index (χ2v) is 4.48. The number of aryl methyl sites for hydroxylation is 2. The van der Waals surface area contributed by atoms with Crippen LogP contribution in [0.25, 0.3) is 0 Å². The Bertz CT molecular complexity index is 420. The zero-order chi connectivity index (χ0) is 11.9. The molecule has 0 unspecified atom stereocenters. The lowest BCUT2D eigenvalue weighted by Gasteiger charge is -2.20. The minimum Gasteiger partial charge on any atom is -0.493 e. The van der Waals surface area contributed by atoms with Crippen molar-refractivity contribution in [2.45, 2.75) is 32.3 Å². The van der Waals surface area contributed by atoms with Crippen LogP contribution >= 0.6 is 0 Å². The van der Waals surface area contributed by atoms with Crippen molar-refractivity contribution in [2.75, 3.05) is 14.2 Å². The molecule has 0 heterocycles. The van der Waals surface area contributed by atoms with Gasteiger partial charge in [0.1, 0.15) is 0 Å². The fourth-order valence-electron chi connectivity index (χ4n) is 2.33. The highest BCUT2D eigenvalue weighted by atomic mass is 16.5. The Labute approximate surface area is 96.0 Å². The number of hydrogen-bond donors (Lipinski definition) is 1. The van der Waals surface area contributed by atoms with Gasteiger partial charge in [-0.1, -0.05) is 6.07 Å². The minimum absolute atomic E-state index is 0.681.